The van der Waals surface area contributed by atoms with Crippen molar-refractivity contribution in [3.8, 4) is 0 Å². The molecule has 0 saturated heterocycles. The van der Waals surface area contributed by atoms with Crippen molar-refractivity contribution >= 4 is 45.6 Å². The Morgan fingerprint density at radius 1 is 1.44 bits per heavy atom. The van der Waals surface area contributed by atoms with Crippen LogP contribution in [0.5, 0.6) is 0 Å². The lowest BCUT2D eigenvalue weighted by molar-refractivity contribution is -0.111. The zero-order valence-electron chi connectivity index (χ0n) is 14.2. The number of primary amides is 1. The maximum atomic E-state index is 12.2. The Labute approximate surface area is 155 Å². The van der Waals surface area contributed by atoms with Gasteiger partial charge in [-0.2, -0.15) is 0 Å². The minimum absolute atomic E-state index is 0.236. The van der Waals surface area contributed by atoms with Gasteiger partial charge in [0.25, 0.3) is 5.91 Å². The summed E-state index contributed by atoms with van der Waals surface area (Å²) in [6.45, 7) is 2.20. The smallest absolute Gasteiger partial charge is 0.251 e. The van der Waals surface area contributed by atoms with E-state index in [4.69, 9.17) is 5.73 Å². The van der Waals surface area contributed by atoms with Crippen LogP contribution in [-0.4, -0.2) is 11.8 Å². The molecule has 3 N–H and O–H groups in total. The Hall–Kier alpha value is -1.92. The second-order valence-electron chi connectivity index (χ2n) is 6.31. The largest absolute Gasteiger partial charge is 0.365 e. The number of hydrogen-bond donors (Lipinski definition) is 2. The number of hydrogen-bond acceptors (Lipinski definition) is 4. The number of thiophene rings is 2. The summed E-state index contributed by atoms with van der Waals surface area (Å²) in [5, 5.41) is 5.41. The topological polar surface area (TPSA) is 72.2 Å². The molecular formula is C19H22N2O2S2. The zero-order valence-corrected chi connectivity index (χ0v) is 15.8. The van der Waals surface area contributed by atoms with Crippen LogP contribution in [0.25, 0.3) is 6.08 Å². The van der Waals surface area contributed by atoms with Crippen LogP contribution in [0.4, 0.5) is 5.00 Å². The molecule has 0 fully saturated rings. The van der Waals surface area contributed by atoms with E-state index in [0.717, 1.165) is 29.7 Å². The number of anilines is 1. The second-order valence-corrected chi connectivity index (χ2v) is 8.39. The summed E-state index contributed by atoms with van der Waals surface area (Å²) in [4.78, 5) is 26.4. The van der Waals surface area contributed by atoms with Crippen molar-refractivity contribution in [3.05, 3.63) is 44.5 Å². The predicted molar refractivity (Wildman–Crippen MR) is 105 cm³/mol. The fourth-order valence-corrected chi connectivity index (χ4v) is 5.34. The van der Waals surface area contributed by atoms with Crippen molar-refractivity contribution in [2.24, 2.45) is 11.7 Å². The molecule has 1 aliphatic carbocycles. The third kappa shape index (κ3) is 4.19. The van der Waals surface area contributed by atoms with E-state index in [9.17, 15) is 9.59 Å². The molecule has 1 unspecified atom stereocenters. The molecule has 1 aliphatic rings. The summed E-state index contributed by atoms with van der Waals surface area (Å²) in [6.07, 6.45) is 8.58. The quantitative estimate of drug-likeness (QED) is 0.733. The van der Waals surface area contributed by atoms with Gasteiger partial charge in [0.05, 0.1) is 5.56 Å². The van der Waals surface area contributed by atoms with Crippen molar-refractivity contribution < 1.29 is 9.59 Å². The third-order valence-electron chi connectivity index (χ3n) is 4.49. The van der Waals surface area contributed by atoms with Gasteiger partial charge in [-0.1, -0.05) is 25.8 Å². The molecule has 6 heteroatoms. The molecule has 2 heterocycles. The maximum absolute atomic E-state index is 12.2. The van der Waals surface area contributed by atoms with E-state index < -0.39 is 5.91 Å². The summed E-state index contributed by atoms with van der Waals surface area (Å²) >= 11 is 3.08. The lowest BCUT2D eigenvalue weighted by atomic mass is 9.84. The van der Waals surface area contributed by atoms with Crippen molar-refractivity contribution in [2.75, 3.05) is 5.32 Å². The highest BCUT2D eigenvalue weighted by Gasteiger charge is 2.28. The van der Waals surface area contributed by atoms with Crippen LogP contribution in [0.1, 0.15) is 51.9 Å². The Morgan fingerprint density at radius 2 is 2.28 bits per heavy atom. The first-order valence-corrected chi connectivity index (χ1v) is 10.2. The number of nitrogens with two attached hydrogens (primary N) is 1. The van der Waals surface area contributed by atoms with Gasteiger partial charge in [-0.25, -0.2) is 0 Å². The molecule has 3 rings (SSSR count). The molecule has 1 atom stereocenters. The SMILES string of the molecule is CCCC1CCc2c(sc(NC(=O)C=Cc3cccs3)c2C(N)=O)C1. The average Bonchev–Trinajstić information content (AvgIpc) is 3.19. The first-order valence-electron chi connectivity index (χ1n) is 8.55. The molecular weight excluding hydrogens is 352 g/mol. The molecule has 2 aromatic rings. The van der Waals surface area contributed by atoms with Crippen molar-refractivity contribution in [2.45, 2.75) is 39.0 Å². The van der Waals surface area contributed by atoms with E-state index in [1.807, 2.05) is 17.5 Å². The molecule has 0 bridgehead atoms. The molecule has 0 saturated carbocycles. The normalized spacial score (nSPS) is 16.8. The van der Waals surface area contributed by atoms with E-state index in [0.29, 0.717) is 16.5 Å². The van der Waals surface area contributed by atoms with Gasteiger partial charge >= 0.3 is 0 Å². The highest BCUT2D eigenvalue weighted by atomic mass is 32.1. The van der Waals surface area contributed by atoms with E-state index in [-0.39, 0.29) is 5.91 Å². The monoisotopic (exact) mass is 374 g/mol. The van der Waals surface area contributed by atoms with Crippen molar-refractivity contribution in [3.63, 3.8) is 0 Å². The molecule has 0 radical (unpaired) electrons. The molecule has 2 aromatic heterocycles. The fraction of sp³-hybridized carbons (Fsp3) is 0.368. The first-order chi connectivity index (χ1) is 12.1. The number of carbonyl (C=O) groups is 2. The van der Waals surface area contributed by atoms with E-state index in [1.165, 1.54) is 35.1 Å². The third-order valence-corrected chi connectivity index (χ3v) is 6.50. The van der Waals surface area contributed by atoms with Crippen LogP contribution in [-0.2, 0) is 17.6 Å². The summed E-state index contributed by atoms with van der Waals surface area (Å²) < 4.78 is 0. The molecule has 2 amide bonds. The molecule has 0 aliphatic heterocycles. The van der Waals surface area contributed by atoms with Crippen LogP contribution >= 0.6 is 22.7 Å². The van der Waals surface area contributed by atoms with E-state index in [2.05, 4.69) is 12.2 Å². The van der Waals surface area contributed by atoms with Crippen molar-refractivity contribution in [1.29, 1.82) is 0 Å². The van der Waals surface area contributed by atoms with E-state index in [1.54, 1.807) is 17.4 Å². The van der Waals surface area contributed by atoms with Gasteiger partial charge in [-0.15, -0.1) is 22.7 Å². The highest BCUT2D eigenvalue weighted by Crippen LogP contribution is 2.40. The van der Waals surface area contributed by atoms with Gasteiger partial charge in [-0.05, 0) is 48.3 Å². The van der Waals surface area contributed by atoms with Crippen LogP contribution in [0.15, 0.2) is 23.6 Å². The molecule has 132 valence electrons. The van der Waals surface area contributed by atoms with Gasteiger partial charge in [0.1, 0.15) is 5.00 Å². The average molecular weight is 375 g/mol. The van der Waals surface area contributed by atoms with Crippen LogP contribution in [0.3, 0.4) is 0 Å². The first kappa shape index (κ1) is 17.9. The van der Waals surface area contributed by atoms with Crippen LogP contribution < -0.4 is 11.1 Å². The van der Waals surface area contributed by atoms with Gasteiger partial charge < -0.3 is 11.1 Å². The zero-order chi connectivity index (χ0) is 17.8. The van der Waals surface area contributed by atoms with Gasteiger partial charge in [0.2, 0.25) is 5.91 Å². The van der Waals surface area contributed by atoms with Crippen LogP contribution in [0.2, 0.25) is 0 Å². The number of nitrogens with one attached hydrogen (secondary N) is 1. The summed E-state index contributed by atoms with van der Waals surface area (Å²) in [6, 6.07) is 3.88. The minimum atomic E-state index is -0.455. The molecule has 0 spiro atoms. The maximum Gasteiger partial charge on any atom is 0.251 e. The standard InChI is InChI=1S/C19H22N2O2S2/c1-2-4-12-6-8-14-15(11-12)25-19(17(14)18(20)23)21-16(22)9-7-13-5-3-10-24-13/h3,5,7,9-10,12H,2,4,6,8,11H2,1H3,(H2,20,23)(H,21,22). The predicted octanol–water partition coefficient (Wildman–Crippen LogP) is 4.47. The Morgan fingerprint density at radius 3 is 2.96 bits per heavy atom. The lowest BCUT2D eigenvalue weighted by Crippen LogP contribution is -2.19. The Balaban J connectivity index is 1.79. The molecule has 4 nitrogen and oxygen atoms in total. The molecule has 0 aromatic carbocycles. The highest BCUT2D eigenvalue weighted by molar-refractivity contribution is 7.17. The number of fused-ring (bicyclic) bond motifs is 1. The van der Waals surface area contributed by atoms with Gasteiger partial charge in [0.15, 0.2) is 0 Å². The Kier molecular flexibility index (Phi) is 5.71. The number of amides is 2. The number of rotatable bonds is 6. The lowest BCUT2D eigenvalue weighted by Gasteiger charge is -2.21. The summed E-state index contributed by atoms with van der Waals surface area (Å²) in [5.74, 6) is -0.0252. The summed E-state index contributed by atoms with van der Waals surface area (Å²) in [7, 11) is 0. The van der Waals surface area contributed by atoms with E-state index >= 15 is 0 Å². The van der Waals surface area contributed by atoms with Crippen molar-refractivity contribution in [1.82, 2.24) is 0 Å². The number of carbonyl (C=O) groups excluding carboxylic acids is 2. The fourth-order valence-electron chi connectivity index (χ4n) is 3.36. The summed E-state index contributed by atoms with van der Waals surface area (Å²) in [5.41, 5.74) is 7.15. The second kappa shape index (κ2) is 7.97. The van der Waals surface area contributed by atoms with Gasteiger partial charge in [-0.3, -0.25) is 9.59 Å². The Bertz CT molecular complexity index is 791. The molecule has 25 heavy (non-hydrogen) atoms. The van der Waals surface area contributed by atoms with Gasteiger partial charge in [0, 0.05) is 15.8 Å². The van der Waals surface area contributed by atoms with Crippen LogP contribution in [0, 0.1) is 5.92 Å². The minimum Gasteiger partial charge on any atom is -0.365 e.